The maximum Gasteiger partial charge on any atom is 0.232 e. The van der Waals surface area contributed by atoms with E-state index in [2.05, 4.69) is 38.1 Å². The zero-order valence-corrected chi connectivity index (χ0v) is 16.1. The molecule has 1 amide bonds. The molecule has 2 rings (SSSR count). The summed E-state index contributed by atoms with van der Waals surface area (Å²) in [7, 11) is 1.87. The molecule has 2 aromatic rings. The van der Waals surface area contributed by atoms with Crippen molar-refractivity contribution in [3.63, 3.8) is 0 Å². The quantitative estimate of drug-likeness (QED) is 0.762. The third-order valence-corrected chi connectivity index (χ3v) is 5.01. The summed E-state index contributed by atoms with van der Waals surface area (Å²) in [4.78, 5) is 14.7. The number of carbonyl (C=O) groups is 1. The lowest BCUT2D eigenvalue weighted by atomic mass is 9.85. The molecule has 134 valence electrons. The molecule has 0 heterocycles. The molecule has 2 N–H and O–H groups in total. The van der Waals surface area contributed by atoms with Gasteiger partial charge in [-0.2, -0.15) is 0 Å². The summed E-state index contributed by atoms with van der Waals surface area (Å²) < 4.78 is 0. The second kappa shape index (κ2) is 7.73. The molecule has 0 bridgehead atoms. The van der Waals surface area contributed by atoms with Gasteiger partial charge in [0, 0.05) is 23.8 Å². The molecule has 0 aromatic heterocycles. The van der Waals surface area contributed by atoms with Crippen molar-refractivity contribution < 1.29 is 4.79 Å². The Bertz CT molecular complexity index is 732. The third-order valence-electron chi connectivity index (χ3n) is 5.01. The van der Waals surface area contributed by atoms with Gasteiger partial charge in [0.2, 0.25) is 5.91 Å². The van der Waals surface area contributed by atoms with E-state index in [9.17, 15) is 4.79 Å². The fourth-order valence-electron chi connectivity index (χ4n) is 3.03. The number of nitrogen functional groups attached to an aromatic ring is 1. The van der Waals surface area contributed by atoms with Gasteiger partial charge in [0.1, 0.15) is 0 Å². The molecule has 0 atom stereocenters. The average Bonchev–Trinajstić information content (AvgIpc) is 2.57. The van der Waals surface area contributed by atoms with E-state index in [1.807, 2.05) is 39.1 Å². The van der Waals surface area contributed by atoms with Gasteiger partial charge in [-0.25, -0.2) is 0 Å². The number of benzene rings is 2. The minimum absolute atomic E-state index is 0.160. The molecule has 2 aromatic carbocycles. The van der Waals surface area contributed by atoms with Crippen LogP contribution in [-0.2, 0) is 11.2 Å². The summed E-state index contributed by atoms with van der Waals surface area (Å²) in [6.07, 6.45) is 2.79. The summed E-state index contributed by atoms with van der Waals surface area (Å²) in [5.74, 6) is 0.160. The number of hydrogen-bond acceptors (Lipinski definition) is 2. The van der Waals surface area contributed by atoms with Gasteiger partial charge in [0.15, 0.2) is 0 Å². The van der Waals surface area contributed by atoms with Crippen LogP contribution in [0.1, 0.15) is 43.4 Å². The van der Waals surface area contributed by atoms with Crippen LogP contribution in [0.3, 0.4) is 0 Å². The number of aryl methyl sites for hydroxylation is 3. The van der Waals surface area contributed by atoms with Gasteiger partial charge < -0.3 is 10.6 Å². The lowest BCUT2D eigenvalue weighted by molar-refractivity contribution is -0.126. The highest BCUT2D eigenvalue weighted by molar-refractivity contribution is 5.96. The molecule has 0 unspecified atom stereocenters. The molecule has 0 saturated heterocycles. The third kappa shape index (κ3) is 4.85. The van der Waals surface area contributed by atoms with Crippen LogP contribution >= 0.6 is 0 Å². The highest BCUT2D eigenvalue weighted by Crippen LogP contribution is 2.29. The number of nitrogens with two attached hydrogens (primary N) is 1. The highest BCUT2D eigenvalue weighted by Gasteiger charge is 2.30. The smallest absolute Gasteiger partial charge is 0.232 e. The normalized spacial score (nSPS) is 11.4. The van der Waals surface area contributed by atoms with Gasteiger partial charge in [0.05, 0.1) is 0 Å². The molecule has 25 heavy (non-hydrogen) atoms. The van der Waals surface area contributed by atoms with Crippen LogP contribution in [0.4, 0.5) is 11.4 Å². The molecule has 3 nitrogen and oxygen atoms in total. The van der Waals surface area contributed by atoms with Crippen LogP contribution in [0.15, 0.2) is 42.5 Å². The largest absolute Gasteiger partial charge is 0.399 e. The van der Waals surface area contributed by atoms with Gasteiger partial charge in [0.25, 0.3) is 0 Å². The Kier molecular flexibility index (Phi) is 5.89. The fourth-order valence-corrected chi connectivity index (χ4v) is 3.03. The Morgan fingerprint density at radius 2 is 1.68 bits per heavy atom. The first-order valence-electron chi connectivity index (χ1n) is 8.90. The summed E-state index contributed by atoms with van der Waals surface area (Å²) >= 11 is 0. The highest BCUT2D eigenvalue weighted by atomic mass is 16.2. The summed E-state index contributed by atoms with van der Waals surface area (Å²) in [5.41, 5.74) is 10.8. The van der Waals surface area contributed by atoms with Crippen LogP contribution < -0.4 is 10.6 Å². The SMILES string of the molecule is Cc1ccc(N(C)C(=O)C(C)(C)CCCc2ccc(N)cc2)cc1C. The van der Waals surface area contributed by atoms with Crippen molar-refractivity contribution >= 4 is 17.3 Å². The number of carbonyl (C=O) groups excluding carboxylic acids is 1. The average molecular weight is 338 g/mol. The van der Waals surface area contributed by atoms with Crippen molar-refractivity contribution in [3.8, 4) is 0 Å². The molecular formula is C22H30N2O. The number of hydrogen-bond donors (Lipinski definition) is 1. The van der Waals surface area contributed by atoms with Gasteiger partial charge in [-0.15, -0.1) is 0 Å². The van der Waals surface area contributed by atoms with Gasteiger partial charge in [-0.3, -0.25) is 4.79 Å². The van der Waals surface area contributed by atoms with Crippen LogP contribution in [-0.4, -0.2) is 13.0 Å². The standard InChI is InChI=1S/C22H30N2O/c1-16-8-13-20(15-17(16)2)24(5)21(25)22(3,4)14-6-7-18-9-11-19(23)12-10-18/h8-13,15H,6-7,14,23H2,1-5H3. The number of anilines is 2. The van der Waals surface area contributed by atoms with Crippen molar-refractivity contribution in [1.82, 2.24) is 0 Å². The predicted octanol–water partition coefficient (Wildman–Crippen LogP) is 4.90. The molecular weight excluding hydrogens is 308 g/mol. The van der Waals surface area contributed by atoms with E-state index in [4.69, 9.17) is 5.73 Å². The Hall–Kier alpha value is -2.29. The zero-order valence-electron chi connectivity index (χ0n) is 16.1. The minimum Gasteiger partial charge on any atom is -0.399 e. The van der Waals surface area contributed by atoms with Crippen LogP contribution in [0.25, 0.3) is 0 Å². The monoisotopic (exact) mass is 338 g/mol. The van der Waals surface area contributed by atoms with E-state index >= 15 is 0 Å². The van der Waals surface area contributed by atoms with E-state index in [0.29, 0.717) is 0 Å². The zero-order chi connectivity index (χ0) is 18.6. The van der Waals surface area contributed by atoms with E-state index in [1.54, 1.807) is 4.90 Å². The number of nitrogens with zero attached hydrogens (tertiary/aromatic N) is 1. The first kappa shape index (κ1) is 19.0. The second-order valence-corrected chi connectivity index (χ2v) is 7.61. The van der Waals surface area contributed by atoms with E-state index in [1.165, 1.54) is 16.7 Å². The molecule has 0 saturated carbocycles. The molecule has 3 heteroatoms. The molecule has 0 aliphatic heterocycles. The summed E-state index contributed by atoms with van der Waals surface area (Å²) in [6.45, 7) is 8.24. The van der Waals surface area contributed by atoms with Crippen LogP contribution in [0.2, 0.25) is 0 Å². The Morgan fingerprint density at radius 3 is 2.28 bits per heavy atom. The van der Waals surface area contributed by atoms with Gasteiger partial charge in [-0.1, -0.05) is 32.0 Å². The topological polar surface area (TPSA) is 46.3 Å². The molecule has 0 fully saturated rings. The van der Waals surface area contributed by atoms with Crippen molar-refractivity contribution in [2.24, 2.45) is 5.41 Å². The van der Waals surface area contributed by atoms with Gasteiger partial charge >= 0.3 is 0 Å². The Morgan fingerprint density at radius 1 is 1.04 bits per heavy atom. The molecule has 0 aliphatic rings. The maximum atomic E-state index is 13.0. The van der Waals surface area contributed by atoms with Crippen LogP contribution in [0, 0.1) is 19.3 Å². The molecule has 0 radical (unpaired) electrons. The fraction of sp³-hybridized carbons (Fsp3) is 0.409. The van der Waals surface area contributed by atoms with Gasteiger partial charge in [-0.05, 0) is 74.1 Å². The van der Waals surface area contributed by atoms with Crippen LogP contribution in [0.5, 0.6) is 0 Å². The van der Waals surface area contributed by atoms with E-state index in [0.717, 1.165) is 30.6 Å². The van der Waals surface area contributed by atoms with Crippen molar-refractivity contribution in [1.29, 1.82) is 0 Å². The number of rotatable bonds is 6. The first-order valence-corrected chi connectivity index (χ1v) is 8.90. The summed E-state index contributed by atoms with van der Waals surface area (Å²) in [6, 6.07) is 14.2. The first-order chi connectivity index (χ1) is 11.7. The Labute approximate surface area is 151 Å². The molecule has 0 spiro atoms. The number of amides is 1. The maximum absolute atomic E-state index is 13.0. The second-order valence-electron chi connectivity index (χ2n) is 7.61. The molecule has 0 aliphatic carbocycles. The lowest BCUT2D eigenvalue weighted by Gasteiger charge is -2.30. The van der Waals surface area contributed by atoms with E-state index < -0.39 is 0 Å². The minimum atomic E-state index is -0.388. The lowest BCUT2D eigenvalue weighted by Crippen LogP contribution is -2.38. The van der Waals surface area contributed by atoms with Crippen molar-refractivity contribution in [2.75, 3.05) is 17.7 Å². The summed E-state index contributed by atoms with van der Waals surface area (Å²) in [5, 5.41) is 0. The van der Waals surface area contributed by atoms with Crippen molar-refractivity contribution in [2.45, 2.75) is 47.0 Å². The predicted molar refractivity (Wildman–Crippen MR) is 107 cm³/mol. The van der Waals surface area contributed by atoms with E-state index in [-0.39, 0.29) is 11.3 Å². The van der Waals surface area contributed by atoms with Crippen molar-refractivity contribution in [3.05, 3.63) is 59.2 Å². The Balaban J connectivity index is 1.98.